The summed E-state index contributed by atoms with van der Waals surface area (Å²) in [6.45, 7) is 11.2. The van der Waals surface area contributed by atoms with Crippen LogP contribution in [0.1, 0.15) is 52.1 Å². The van der Waals surface area contributed by atoms with Crippen molar-refractivity contribution in [1.29, 1.82) is 0 Å². The predicted octanol–water partition coefficient (Wildman–Crippen LogP) is 3.20. The first-order valence-electron chi connectivity index (χ1n) is 8.48. The first-order valence-corrected chi connectivity index (χ1v) is 9.36. The number of aliphatic hydroxyl groups is 1. The molecule has 1 aliphatic rings. The Balaban J connectivity index is 1.71. The van der Waals surface area contributed by atoms with E-state index in [1.807, 2.05) is 13.8 Å². The highest BCUT2D eigenvalue weighted by molar-refractivity contribution is 7.13. The van der Waals surface area contributed by atoms with Crippen molar-refractivity contribution in [3.05, 3.63) is 11.1 Å². The van der Waals surface area contributed by atoms with E-state index in [0.29, 0.717) is 18.5 Å². The fourth-order valence-electron chi connectivity index (χ4n) is 2.81. The smallest absolute Gasteiger partial charge is 0.185 e. The SMILES string of the molecule is Cc1csc(N2CCC(NCC(C)(O)CCC(C)C)CC2)n1. The summed E-state index contributed by atoms with van der Waals surface area (Å²) < 4.78 is 0. The largest absolute Gasteiger partial charge is 0.389 e. The molecule has 0 aromatic carbocycles. The standard InChI is InChI=1S/C17H31N3OS/c1-13(2)5-8-17(4,21)12-18-15-6-9-20(10-7-15)16-19-14(3)11-22-16/h11,13,15,18,21H,5-10,12H2,1-4H3. The Kier molecular flexibility index (Phi) is 6.24. The van der Waals surface area contributed by atoms with Gasteiger partial charge in [0, 0.05) is 31.1 Å². The second kappa shape index (κ2) is 7.75. The Labute approximate surface area is 138 Å². The number of nitrogens with one attached hydrogen (secondary N) is 1. The average Bonchev–Trinajstić information content (AvgIpc) is 2.90. The van der Waals surface area contributed by atoms with Crippen molar-refractivity contribution in [2.24, 2.45) is 5.92 Å². The molecule has 1 atom stereocenters. The van der Waals surface area contributed by atoms with E-state index in [9.17, 15) is 5.11 Å². The molecular weight excluding hydrogens is 294 g/mol. The minimum absolute atomic E-state index is 0.517. The van der Waals surface area contributed by atoms with Crippen LogP contribution in [-0.2, 0) is 0 Å². The Bertz CT molecular complexity index is 451. The molecule has 1 saturated heterocycles. The van der Waals surface area contributed by atoms with Crippen LogP contribution in [0.15, 0.2) is 5.38 Å². The van der Waals surface area contributed by atoms with Crippen LogP contribution >= 0.6 is 11.3 Å². The maximum Gasteiger partial charge on any atom is 0.185 e. The topological polar surface area (TPSA) is 48.4 Å². The number of hydrogen-bond acceptors (Lipinski definition) is 5. The lowest BCUT2D eigenvalue weighted by molar-refractivity contribution is 0.0417. The van der Waals surface area contributed by atoms with Crippen LogP contribution in [0.5, 0.6) is 0 Å². The van der Waals surface area contributed by atoms with E-state index in [1.54, 1.807) is 11.3 Å². The normalized spacial score (nSPS) is 19.6. The van der Waals surface area contributed by atoms with Gasteiger partial charge in [-0.1, -0.05) is 13.8 Å². The zero-order valence-corrected chi connectivity index (χ0v) is 15.2. The second-order valence-electron chi connectivity index (χ2n) is 7.34. The highest BCUT2D eigenvalue weighted by Crippen LogP contribution is 2.24. The molecule has 1 fully saturated rings. The fourth-order valence-corrected chi connectivity index (χ4v) is 3.67. The molecule has 2 heterocycles. The van der Waals surface area contributed by atoms with Crippen LogP contribution in [-0.4, -0.2) is 41.4 Å². The third-order valence-electron chi connectivity index (χ3n) is 4.40. The molecule has 126 valence electrons. The molecule has 1 aliphatic heterocycles. The maximum atomic E-state index is 10.4. The van der Waals surface area contributed by atoms with Gasteiger partial charge in [0.05, 0.1) is 11.3 Å². The van der Waals surface area contributed by atoms with Crippen LogP contribution in [0.25, 0.3) is 0 Å². The van der Waals surface area contributed by atoms with Gasteiger partial charge in [-0.15, -0.1) is 11.3 Å². The summed E-state index contributed by atoms with van der Waals surface area (Å²) in [7, 11) is 0. The Morgan fingerprint density at radius 3 is 2.68 bits per heavy atom. The quantitative estimate of drug-likeness (QED) is 0.808. The molecule has 0 aliphatic carbocycles. The number of rotatable bonds is 7. The zero-order chi connectivity index (χ0) is 16.2. The summed E-state index contributed by atoms with van der Waals surface area (Å²) in [5.74, 6) is 0.650. The van der Waals surface area contributed by atoms with Crippen LogP contribution in [0, 0.1) is 12.8 Å². The number of thiazole rings is 1. The lowest BCUT2D eigenvalue weighted by Gasteiger charge is -2.34. The van der Waals surface area contributed by atoms with Crippen LogP contribution in [0.4, 0.5) is 5.13 Å². The molecule has 0 bridgehead atoms. The summed E-state index contributed by atoms with van der Waals surface area (Å²) in [6, 6.07) is 0.517. The van der Waals surface area contributed by atoms with Gasteiger partial charge in [0.1, 0.15) is 0 Å². The monoisotopic (exact) mass is 325 g/mol. The third-order valence-corrected chi connectivity index (χ3v) is 5.42. The van der Waals surface area contributed by atoms with E-state index in [4.69, 9.17) is 0 Å². The van der Waals surface area contributed by atoms with Gasteiger partial charge >= 0.3 is 0 Å². The third kappa shape index (κ3) is 5.52. The van der Waals surface area contributed by atoms with E-state index < -0.39 is 5.60 Å². The molecule has 1 unspecified atom stereocenters. The summed E-state index contributed by atoms with van der Waals surface area (Å²) in [4.78, 5) is 6.95. The lowest BCUT2D eigenvalue weighted by atomic mass is 9.94. The van der Waals surface area contributed by atoms with Crippen molar-refractivity contribution < 1.29 is 5.11 Å². The van der Waals surface area contributed by atoms with Crippen LogP contribution in [0.3, 0.4) is 0 Å². The van der Waals surface area contributed by atoms with E-state index in [-0.39, 0.29) is 0 Å². The average molecular weight is 326 g/mol. The van der Waals surface area contributed by atoms with Gasteiger partial charge in [0.2, 0.25) is 0 Å². The fraction of sp³-hybridized carbons (Fsp3) is 0.824. The van der Waals surface area contributed by atoms with Gasteiger partial charge in [-0.2, -0.15) is 0 Å². The van der Waals surface area contributed by atoms with Crippen molar-refractivity contribution in [2.45, 2.75) is 65.0 Å². The highest BCUT2D eigenvalue weighted by Gasteiger charge is 2.25. The Morgan fingerprint density at radius 1 is 1.45 bits per heavy atom. The number of aromatic nitrogens is 1. The molecule has 5 heteroatoms. The van der Waals surface area contributed by atoms with E-state index in [1.165, 1.54) is 0 Å². The molecule has 0 spiro atoms. The summed E-state index contributed by atoms with van der Waals surface area (Å²) in [6.07, 6.45) is 4.20. The predicted molar refractivity (Wildman–Crippen MR) is 94.8 cm³/mol. The summed E-state index contributed by atoms with van der Waals surface area (Å²) in [5.41, 5.74) is 0.523. The van der Waals surface area contributed by atoms with Gasteiger partial charge in [0.15, 0.2) is 5.13 Å². The van der Waals surface area contributed by atoms with Gasteiger partial charge in [-0.3, -0.25) is 0 Å². The van der Waals surface area contributed by atoms with Crippen molar-refractivity contribution in [2.75, 3.05) is 24.5 Å². The van der Waals surface area contributed by atoms with Crippen LogP contribution < -0.4 is 10.2 Å². The van der Waals surface area contributed by atoms with Crippen LogP contribution in [0.2, 0.25) is 0 Å². The number of aryl methyl sites for hydroxylation is 1. The summed E-state index contributed by atoms with van der Waals surface area (Å²) in [5, 5.41) is 17.3. The number of hydrogen-bond donors (Lipinski definition) is 2. The minimum atomic E-state index is -0.589. The molecular formula is C17H31N3OS. The number of piperidine rings is 1. The molecule has 2 rings (SSSR count). The van der Waals surface area contributed by atoms with Crippen molar-refractivity contribution in [1.82, 2.24) is 10.3 Å². The molecule has 1 aromatic heterocycles. The van der Waals surface area contributed by atoms with E-state index >= 15 is 0 Å². The van der Waals surface area contributed by atoms with Gasteiger partial charge in [-0.25, -0.2) is 4.98 Å². The van der Waals surface area contributed by atoms with Crippen molar-refractivity contribution >= 4 is 16.5 Å². The molecule has 1 aromatic rings. The highest BCUT2D eigenvalue weighted by atomic mass is 32.1. The molecule has 2 N–H and O–H groups in total. The van der Waals surface area contributed by atoms with E-state index in [2.05, 4.69) is 34.4 Å². The Morgan fingerprint density at radius 2 is 2.14 bits per heavy atom. The van der Waals surface area contributed by atoms with E-state index in [0.717, 1.165) is 49.6 Å². The molecule has 0 amide bonds. The van der Waals surface area contributed by atoms with Gasteiger partial charge in [-0.05, 0) is 45.4 Å². The van der Waals surface area contributed by atoms with Crippen molar-refractivity contribution in [3.8, 4) is 0 Å². The maximum absolute atomic E-state index is 10.4. The number of anilines is 1. The van der Waals surface area contributed by atoms with Crippen molar-refractivity contribution in [3.63, 3.8) is 0 Å². The molecule has 4 nitrogen and oxygen atoms in total. The molecule has 0 saturated carbocycles. The zero-order valence-electron chi connectivity index (χ0n) is 14.4. The lowest BCUT2D eigenvalue weighted by Crippen LogP contribution is -2.47. The molecule has 22 heavy (non-hydrogen) atoms. The number of nitrogens with zero attached hydrogens (tertiary/aromatic N) is 2. The van der Waals surface area contributed by atoms with Gasteiger partial charge < -0.3 is 15.3 Å². The molecule has 0 radical (unpaired) electrons. The first kappa shape index (κ1) is 17.7. The Hall–Kier alpha value is -0.650. The van der Waals surface area contributed by atoms with Gasteiger partial charge in [0.25, 0.3) is 0 Å². The first-order chi connectivity index (χ1) is 10.4. The second-order valence-corrected chi connectivity index (χ2v) is 8.18. The summed E-state index contributed by atoms with van der Waals surface area (Å²) >= 11 is 1.74. The minimum Gasteiger partial charge on any atom is -0.389 e.